The summed E-state index contributed by atoms with van der Waals surface area (Å²) in [7, 11) is 0. The van der Waals surface area contributed by atoms with Crippen LogP contribution < -0.4 is 5.32 Å². The Labute approximate surface area is 203 Å². The Morgan fingerprint density at radius 2 is 1.79 bits per heavy atom. The molecule has 4 heteroatoms. The third-order valence-electron chi connectivity index (χ3n) is 7.96. The lowest BCUT2D eigenvalue weighted by Crippen LogP contribution is -2.33. The van der Waals surface area contributed by atoms with Gasteiger partial charge in [-0.3, -0.25) is 14.9 Å². The molecule has 1 aromatic carbocycles. The number of hydrogen-bond donors (Lipinski definition) is 1. The standard InChI is InChI=1S/C30H36N4/c1-2-10-25-24(7-1)19-27-26(25)14-17-32-28(27)21-34(18-4-3-15-31-20-22-12-13-22)29-11-5-8-23-9-6-16-33-30(23)29/h1-2,6-7,9-10,14,16-17,22,29,31H,3-5,8,11-13,15,18-21H2. The number of fused-ring (bicyclic) bond motifs is 4. The quantitative estimate of drug-likeness (QED) is 0.313. The molecule has 1 fully saturated rings. The summed E-state index contributed by atoms with van der Waals surface area (Å²) >= 11 is 0. The Bertz CT molecular complexity index is 1140. The molecule has 0 spiro atoms. The summed E-state index contributed by atoms with van der Waals surface area (Å²) in [5, 5.41) is 3.67. The van der Waals surface area contributed by atoms with Crippen LogP contribution in [0.15, 0.2) is 54.9 Å². The van der Waals surface area contributed by atoms with Gasteiger partial charge in [-0.2, -0.15) is 0 Å². The third kappa shape index (κ3) is 4.67. The lowest BCUT2D eigenvalue weighted by molar-refractivity contribution is 0.160. The van der Waals surface area contributed by atoms with Crippen molar-refractivity contribution in [3.05, 3.63) is 82.9 Å². The monoisotopic (exact) mass is 452 g/mol. The zero-order chi connectivity index (χ0) is 22.7. The Morgan fingerprint density at radius 1 is 0.882 bits per heavy atom. The second-order valence-electron chi connectivity index (χ2n) is 10.4. The normalized spacial score (nSPS) is 18.6. The molecule has 2 aromatic heterocycles. The van der Waals surface area contributed by atoms with Crippen LogP contribution in [0, 0.1) is 5.92 Å². The fourth-order valence-corrected chi connectivity index (χ4v) is 5.92. The molecule has 1 saturated carbocycles. The Hall–Kier alpha value is -2.56. The van der Waals surface area contributed by atoms with Crippen LogP contribution >= 0.6 is 0 Å². The van der Waals surface area contributed by atoms with Crippen molar-refractivity contribution in [2.45, 2.75) is 64.0 Å². The molecule has 1 unspecified atom stereocenters. The average Bonchev–Trinajstić information content (AvgIpc) is 3.63. The highest BCUT2D eigenvalue weighted by molar-refractivity contribution is 5.77. The summed E-state index contributed by atoms with van der Waals surface area (Å²) in [4.78, 5) is 12.5. The van der Waals surface area contributed by atoms with Crippen molar-refractivity contribution in [3.8, 4) is 11.1 Å². The van der Waals surface area contributed by atoms with Gasteiger partial charge in [-0.15, -0.1) is 0 Å². The highest BCUT2D eigenvalue weighted by Gasteiger charge is 2.29. The van der Waals surface area contributed by atoms with Crippen LogP contribution in [0.4, 0.5) is 0 Å². The summed E-state index contributed by atoms with van der Waals surface area (Å²) < 4.78 is 0. The number of hydrogen-bond acceptors (Lipinski definition) is 4. The van der Waals surface area contributed by atoms with Crippen LogP contribution in [0.2, 0.25) is 0 Å². The molecule has 3 aliphatic carbocycles. The molecule has 3 aromatic rings. The highest BCUT2D eigenvalue weighted by atomic mass is 15.2. The van der Waals surface area contributed by atoms with E-state index in [-0.39, 0.29) is 0 Å². The Kier molecular flexibility index (Phi) is 6.43. The molecule has 0 bridgehead atoms. The van der Waals surface area contributed by atoms with Gasteiger partial charge in [-0.1, -0.05) is 30.3 Å². The zero-order valence-corrected chi connectivity index (χ0v) is 20.2. The van der Waals surface area contributed by atoms with Crippen LogP contribution in [0.1, 0.15) is 72.6 Å². The number of aryl methyl sites for hydroxylation is 1. The van der Waals surface area contributed by atoms with E-state index in [2.05, 4.69) is 52.7 Å². The summed E-state index contributed by atoms with van der Waals surface area (Å²) in [6.07, 6.45) is 13.9. The van der Waals surface area contributed by atoms with Crippen molar-refractivity contribution in [1.82, 2.24) is 20.2 Å². The lowest BCUT2D eigenvalue weighted by Gasteiger charge is -2.35. The molecular weight excluding hydrogens is 416 g/mol. The average molecular weight is 453 g/mol. The van der Waals surface area contributed by atoms with Gasteiger partial charge in [0.05, 0.1) is 17.4 Å². The predicted molar refractivity (Wildman–Crippen MR) is 138 cm³/mol. The molecule has 3 aliphatic rings. The second-order valence-corrected chi connectivity index (χ2v) is 10.4. The van der Waals surface area contributed by atoms with Gasteiger partial charge in [0.25, 0.3) is 0 Å². The maximum atomic E-state index is 4.93. The molecule has 0 aliphatic heterocycles. The number of pyridine rings is 2. The molecular formula is C30H36N4. The molecule has 0 radical (unpaired) electrons. The van der Waals surface area contributed by atoms with Crippen molar-refractivity contribution < 1.29 is 0 Å². The van der Waals surface area contributed by atoms with E-state index in [0.29, 0.717) is 6.04 Å². The molecule has 34 heavy (non-hydrogen) atoms. The highest BCUT2D eigenvalue weighted by Crippen LogP contribution is 2.39. The van der Waals surface area contributed by atoms with E-state index in [1.165, 1.54) is 84.3 Å². The largest absolute Gasteiger partial charge is 0.316 e. The maximum absolute atomic E-state index is 4.93. The summed E-state index contributed by atoms with van der Waals surface area (Å²) in [5.74, 6) is 0.955. The van der Waals surface area contributed by atoms with Gasteiger partial charge in [0, 0.05) is 25.4 Å². The minimum Gasteiger partial charge on any atom is -0.316 e. The number of benzene rings is 1. The molecule has 0 saturated heterocycles. The topological polar surface area (TPSA) is 41.1 Å². The molecule has 1 N–H and O–H groups in total. The van der Waals surface area contributed by atoms with E-state index in [9.17, 15) is 0 Å². The van der Waals surface area contributed by atoms with Gasteiger partial charge < -0.3 is 5.32 Å². The minimum absolute atomic E-state index is 0.394. The Morgan fingerprint density at radius 3 is 2.74 bits per heavy atom. The van der Waals surface area contributed by atoms with Gasteiger partial charge in [-0.25, -0.2) is 0 Å². The zero-order valence-electron chi connectivity index (χ0n) is 20.2. The van der Waals surface area contributed by atoms with Crippen LogP contribution in [0.5, 0.6) is 0 Å². The predicted octanol–water partition coefficient (Wildman–Crippen LogP) is 5.71. The number of nitrogens with zero attached hydrogens (tertiary/aromatic N) is 3. The van der Waals surface area contributed by atoms with Gasteiger partial charge in [0.2, 0.25) is 0 Å². The van der Waals surface area contributed by atoms with E-state index < -0.39 is 0 Å². The lowest BCUT2D eigenvalue weighted by atomic mass is 9.90. The number of rotatable bonds is 10. The van der Waals surface area contributed by atoms with E-state index in [1.54, 1.807) is 0 Å². The molecule has 6 rings (SSSR count). The summed E-state index contributed by atoms with van der Waals surface area (Å²) in [5.41, 5.74) is 9.63. The van der Waals surface area contributed by atoms with Crippen molar-refractivity contribution in [2.24, 2.45) is 5.92 Å². The van der Waals surface area contributed by atoms with Gasteiger partial charge in [0.15, 0.2) is 0 Å². The van der Waals surface area contributed by atoms with Crippen molar-refractivity contribution in [1.29, 1.82) is 0 Å². The fraction of sp³-hybridized carbons (Fsp3) is 0.467. The van der Waals surface area contributed by atoms with Gasteiger partial charge in [0.1, 0.15) is 0 Å². The van der Waals surface area contributed by atoms with Crippen LogP contribution in [0.25, 0.3) is 11.1 Å². The van der Waals surface area contributed by atoms with Crippen LogP contribution in [-0.4, -0.2) is 34.5 Å². The SMILES string of the molecule is c1ccc2c(c1)Cc1c-2ccnc1CN(CCCCNCC1CC1)C1CCCc2cccnc21. The summed E-state index contributed by atoms with van der Waals surface area (Å²) in [6, 6.07) is 15.8. The molecule has 2 heterocycles. The minimum atomic E-state index is 0.394. The Balaban J connectivity index is 1.21. The van der Waals surface area contributed by atoms with Crippen LogP contribution in [0.3, 0.4) is 0 Å². The summed E-state index contributed by atoms with van der Waals surface area (Å²) in [6.45, 7) is 4.36. The van der Waals surface area contributed by atoms with E-state index in [0.717, 1.165) is 38.4 Å². The molecule has 176 valence electrons. The van der Waals surface area contributed by atoms with Crippen molar-refractivity contribution >= 4 is 0 Å². The molecule has 4 nitrogen and oxygen atoms in total. The first-order valence-corrected chi connectivity index (χ1v) is 13.3. The van der Waals surface area contributed by atoms with E-state index in [1.807, 2.05) is 12.4 Å². The second kappa shape index (κ2) is 9.97. The van der Waals surface area contributed by atoms with Crippen molar-refractivity contribution in [2.75, 3.05) is 19.6 Å². The first kappa shape index (κ1) is 21.9. The van der Waals surface area contributed by atoms with E-state index >= 15 is 0 Å². The number of aromatic nitrogens is 2. The first-order valence-electron chi connectivity index (χ1n) is 13.3. The maximum Gasteiger partial charge on any atom is 0.0607 e. The number of nitrogens with one attached hydrogen (secondary N) is 1. The van der Waals surface area contributed by atoms with Gasteiger partial charge in [-0.05, 0) is 110 Å². The first-order chi connectivity index (χ1) is 16.9. The van der Waals surface area contributed by atoms with Crippen LogP contribution in [-0.2, 0) is 19.4 Å². The van der Waals surface area contributed by atoms with Crippen molar-refractivity contribution in [3.63, 3.8) is 0 Å². The smallest absolute Gasteiger partial charge is 0.0607 e. The number of unbranched alkanes of at least 4 members (excludes halogenated alkanes) is 1. The van der Waals surface area contributed by atoms with Gasteiger partial charge >= 0.3 is 0 Å². The van der Waals surface area contributed by atoms with E-state index in [4.69, 9.17) is 9.97 Å². The fourth-order valence-electron chi connectivity index (χ4n) is 5.92. The molecule has 0 amide bonds. The third-order valence-corrected chi connectivity index (χ3v) is 7.96. The molecule has 1 atom stereocenters.